The number of ether oxygens (including phenoxy) is 4. The summed E-state index contributed by atoms with van der Waals surface area (Å²) in [6, 6.07) is 26.9. The van der Waals surface area contributed by atoms with Crippen LogP contribution in [-0.4, -0.2) is 143 Å². The van der Waals surface area contributed by atoms with E-state index in [0.29, 0.717) is 103 Å². The third-order valence-electron chi connectivity index (χ3n) is 19.8. The molecule has 472 valence electrons. The number of piperidine rings is 1. The van der Waals surface area contributed by atoms with Gasteiger partial charge in [0.15, 0.2) is 11.6 Å². The molecule has 7 heterocycles. The first-order chi connectivity index (χ1) is 44.6. The smallest absolute Gasteiger partial charge is 0.319 e. The van der Waals surface area contributed by atoms with Crippen LogP contribution in [0.4, 0.5) is 29.2 Å². The molecule has 1 saturated carbocycles. The van der Waals surface area contributed by atoms with Crippen LogP contribution in [0.15, 0.2) is 97.1 Å². The molecule has 0 bridgehead atoms. The van der Waals surface area contributed by atoms with Gasteiger partial charge in [0.2, 0.25) is 0 Å². The van der Waals surface area contributed by atoms with E-state index < -0.39 is 28.9 Å². The minimum Gasteiger partial charge on any atom is -0.508 e. The minimum atomic E-state index is -1.16. The van der Waals surface area contributed by atoms with E-state index in [0.717, 1.165) is 71.0 Å². The van der Waals surface area contributed by atoms with Crippen LogP contribution in [0.3, 0.4) is 0 Å². The van der Waals surface area contributed by atoms with E-state index in [1.807, 2.05) is 4.90 Å². The van der Waals surface area contributed by atoms with Crippen molar-refractivity contribution in [2.24, 2.45) is 5.41 Å². The monoisotopic (exact) mass is 1250 g/mol. The highest BCUT2D eigenvalue weighted by Gasteiger charge is 2.50. The third kappa shape index (κ3) is 10.9. The average molecular weight is 1250 g/mol. The van der Waals surface area contributed by atoms with Crippen LogP contribution in [0, 0.1) is 53.4 Å². The molecule has 3 N–H and O–H groups in total. The van der Waals surface area contributed by atoms with Crippen LogP contribution >= 0.6 is 0 Å². The van der Waals surface area contributed by atoms with Gasteiger partial charge in [-0.05, 0) is 154 Å². The minimum absolute atomic E-state index is 0.00109. The lowest BCUT2D eigenvalue weighted by atomic mass is 9.76. The molecule has 1 aliphatic carbocycles. The molecule has 4 unspecified atom stereocenters. The second-order valence-corrected chi connectivity index (χ2v) is 25.7. The molecular formula is C73H70F4N8O7. The van der Waals surface area contributed by atoms with Crippen LogP contribution in [0.1, 0.15) is 80.5 Å². The maximum absolute atomic E-state index is 16.9. The summed E-state index contributed by atoms with van der Waals surface area (Å²) in [6.45, 7) is 8.91. The molecule has 7 aromatic carbocycles. The van der Waals surface area contributed by atoms with Gasteiger partial charge in [0.25, 0.3) is 0 Å². The maximum Gasteiger partial charge on any atom is 0.319 e. The summed E-state index contributed by atoms with van der Waals surface area (Å²) in [5.41, 5.74) is 1.90. The zero-order valence-corrected chi connectivity index (χ0v) is 51.4. The number of hydrogen-bond acceptors (Lipinski definition) is 15. The van der Waals surface area contributed by atoms with E-state index in [-0.39, 0.29) is 92.0 Å². The Hall–Kier alpha value is -8.82. The second kappa shape index (κ2) is 24.3. The fourth-order valence-electron chi connectivity index (χ4n) is 15.6. The summed E-state index contributed by atoms with van der Waals surface area (Å²) in [6.07, 6.45) is 19.6. The molecular weight excluding hydrogens is 1180 g/mol. The van der Waals surface area contributed by atoms with Gasteiger partial charge in [-0.1, -0.05) is 66.8 Å². The molecule has 6 aliphatic rings. The highest BCUT2D eigenvalue weighted by atomic mass is 19.1. The van der Waals surface area contributed by atoms with Crippen molar-refractivity contribution in [2.75, 3.05) is 95.8 Å². The number of β-amino-alcohol motifs (C(OH)–C–C–N with tert-alkyl or cyclic N) is 1. The Labute approximate surface area is 530 Å². The van der Waals surface area contributed by atoms with E-state index in [9.17, 15) is 24.1 Å². The lowest BCUT2D eigenvalue weighted by Gasteiger charge is -2.44. The average Bonchev–Trinajstić information content (AvgIpc) is 1.21. The Balaban J connectivity index is 0.000000160. The predicted molar refractivity (Wildman–Crippen MR) is 346 cm³/mol. The quantitative estimate of drug-likeness (QED) is 0.0875. The van der Waals surface area contributed by atoms with Crippen LogP contribution in [0.5, 0.6) is 23.5 Å². The van der Waals surface area contributed by atoms with Crippen molar-refractivity contribution in [1.29, 1.82) is 0 Å². The first kappa shape index (κ1) is 60.7. The number of aromatic hydroxyl groups is 2. The van der Waals surface area contributed by atoms with Crippen LogP contribution in [0.2, 0.25) is 0 Å². The Morgan fingerprint density at radius 2 is 1.21 bits per heavy atom. The van der Waals surface area contributed by atoms with Gasteiger partial charge < -0.3 is 49.0 Å². The van der Waals surface area contributed by atoms with Gasteiger partial charge in [-0.25, -0.2) is 17.6 Å². The molecule has 2 aromatic heterocycles. The second-order valence-electron chi connectivity index (χ2n) is 25.7. The van der Waals surface area contributed by atoms with Gasteiger partial charge in [-0.3, -0.25) is 4.90 Å². The van der Waals surface area contributed by atoms with Crippen LogP contribution in [0.25, 0.3) is 65.6 Å². The van der Waals surface area contributed by atoms with Gasteiger partial charge in [-0.15, -0.1) is 12.8 Å². The van der Waals surface area contributed by atoms with E-state index in [4.69, 9.17) is 41.8 Å². The highest BCUT2D eigenvalue weighted by Crippen LogP contribution is 2.50. The number of terminal acetylenes is 2. The normalized spacial score (nSPS) is 22.5. The van der Waals surface area contributed by atoms with Crippen LogP contribution < -0.4 is 19.3 Å². The number of hydrogen-bond donors (Lipinski definition) is 3. The summed E-state index contributed by atoms with van der Waals surface area (Å²) in [4.78, 5) is 27.8. The lowest BCUT2D eigenvalue weighted by molar-refractivity contribution is -0.0123. The Morgan fingerprint density at radius 1 is 0.620 bits per heavy atom. The van der Waals surface area contributed by atoms with Gasteiger partial charge >= 0.3 is 12.0 Å². The van der Waals surface area contributed by atoms with Gasteiger partial charge in [0, 0.05) is 76.9 Å². The molecule has 4 saturated heterocycles. The van der Waals surface area contributed by atoms with Crippen molar-refractivity contribution < 1.29 is 51.8 Å². The molecule has 5 aliphatic heterocycles. The number of aliphatic hydroxyl groups is 1. The molecule has 15 rings (SSSR count). The number of phenols is 2. The molecule has 19 heteroatoms. The van der Waals surface area contributed by atoms with Crippen molar-refractivity contribution in [3.63, 3.8) is 0 Å². The first-order valence-corrected chi connectivity index (χ1v) is 31.6. The number of aromatic nitrogens is 4. The maximum atomic E-state index is 16.9. The molecule has 4 atom stereocenters. The first-order valence-electron chi connectivity index (χ1n) is 31.6. The van der Waals surface area contributed by atoms with E-state index >= 15 is 8.78 Å². The SMILES string of the molecule is C#Cc1c(F)ccc2cc(O)cc(-c3ccc4c(N5CCCOCC5)nc(OCC56CCCN5Cc5ccccc56)nc4c3F)c12.C#Cc1c(F)ccc2cc(O)cc(-c3ccc4c(N5CCOCC(C)(O)C5)nc(OCC56CCCC5N(C)CCC6)nc4c3F)c12. The zero-order valence-electron chi connectivity index (χ0n) is 51.4. The fraction of sp³-hybridized carbons (Fsp3) is 0.370. The number of benzene rings is 7. The highest BCUT2D eigenvalue weighted by molar-refractivity contribution is 6.05. The number of fused-ring (bicyclic) bond motifs is 8. The zero-order chi connectivity index (χ0) is 63.6. The fourth-order valence-corrected chi connectivity index (χ4v) is 15.6. The van der Waals surface area contributed by atoms with E-state index in [2.05, 4.69) is 67.8 Å². The summed E-state index contributed by atoms with van der Waals surface area (Å²) >= 11 is 0. The number of likely N-dealkylation sites (tertiary alicyclic amines) is 1. The summed E-state index contributed by atoms with van der Waals surface area (Å²) in [7, 11) is 2.17. The van der Waals surface area contributed by atoms with Crippen molar-refractivity contribution in [2.45, 2.75) is 82.0 Å². The Kier molecular flexibility index (Phi) is 16.1. The van der Waals surface area contributed by atoms with Crippen molar-refractivity contribution in [3.05, 3.63) is 143 Å². The van der Waals surface area contributed by atoms with E-state index in [1.165, 1.54) is 59.7 Å². The molecule has 0 radical (unpaired) electrons. The van der Waals surface area contributed by atoms with Gasteiger partial charge in [0.05, 0.1) is 49.6 Å². The molecule has 0 amide bonds. The Bertz CT molecular complexity index is 4490. The van der Waals surface area contributed by atoms with Crippen molar-refractivity contribution in [3.8, 4) is 70.5 Å². The lowest BCUT2D eigenvalue weighted by Crippen LogP contribution is -2.50. The van der Waals surface area contributed by atoms with Gasteiger partial charge in [-0.2, -0.15) is 19.9 Å². The molecule has 0 spiro atoms. The summed E-state index contributed by atoms with van der Waals surface area (Å²) < 4.78 is 87.7. The topological polar surface area (TPSA) is 162 Å². The molecule has 92 heavy (non-hydrogen) atoms. The molecule has 15 nitrogen and oxygen atoms in total. The predicted octanol–water partition coefficient (Wildman–Crippen LogP) is 12.2. The Morgan fingerprint density at radius 3 is 1.86 bits per heavy atom. The van der Waals surface area contributed by atoms with Crippen LogP contribution in [-0.2, 0) is 21.6 Å². The van der Waals surface area contributed by atoms with Gasteiger partial charge in [0.1, 0.15) is 58.0 Å². The number of phenolic OH excluding ortho intramolecular Hbond substituents is 2. The summed E-state index contributed by atoms with van der Waals surface area (Å²) in [5, 5.41) is 34.7. The number of rotatable bonds is 10. The standard InChI is InChI=1S/C37H32F2N4O3.C36H38F2N4O4/c1-2-26-31(38)12-9-23-19-25(44)20-29(32(23)26)27-10-11-28-34(33(27)39)40-36(41-35(28)42-14-6-17-45-18-16-42)46-22-37-13-5-15-43(37)21-24-7-3-4-8-30(24)37;1-4-24-28(37)11-8-22-17-23(43)18-27(30(22)24)25-9-10-26-32(31(25)38)39-34(40-33(26)42-15-16-45-20-35(2,44)19-42)46-21-36-12-5-7-29(36)41(3)14-6-13-36/h1,3-4,7-12,19-20,44H,5-6,13-18,21-22H2;1,8-11,17-18,29,43-44H,5-7,12-16,19-21H2,2-3H3. The van der Waals surface area contributed by atoms with Crippen molar-refractivity contribution >= 4 is 55.0 Å². The largest absolute Gasteiger partial charge is 0.508 e. The number of anilines is 2. The van der Waals surface area contributed by atoms with E-state index in [1.54, 1.807) is 31.2 Å². The summed E-state index contributed by atoms with van der Waals surface area (Å²) in [5.74, 6) is 3.07. The molecule has 5 fully saturated rings. The third-order valence-corrected chi connectivity index (χ3v) is 19.8. The number of halogens is 4. The molecule has 9 aromatic rings. The van der Waals surface area contributed by atoms with Crippen molar-refractivity contribution in [1.82, 2.24) is 29.7 Å². The number of nitrogens with zero attached hydrogens (tertiary/aromatic N) is 8.